The van der Waals surface area contributed by atoms with Gasteiger partial charge in [-0.25, -0.2) is 4.98 Å². The molecule has 0 bridgehead atoms. The lowest BCUT2D eigenvalue weighted by Gasteiger charge is -2.19. The van der Waals surface area contributed by atoms with Gasteiger partial charge in [0.25, 0.3) is 5.91 Å². The van der Waals surface area contributed by atoms with Gasteiger partial charge in [0, 0.05) is 24.1 Å². The van der Waals surface area contributed by atoms with Crippen LogP contribution < -0.4 is 5.32 Å². The number of imidazole rings is 1. The van der Waals surface area contributed by atoms with Crippen LogP contribution in [0.15, 0.2) is 41.2 Å². The lowest BCUT2D eigenvalue weighted by Crippen LogP contribution is -2.37. The first kappa shape index (κ1) is 23.6. The molecular formula is C25H33N3O4. The number of fused-ring (bicyclic) bond motifs is 1. The molecule has 7 heteroatoms. The molecule has 2 heterocycles. The molecule has 0 saturated heterocycles. The molecule has 172 valence electrons. The third-order valence-corrected chi connectivity index (χ3v) is 5.79. The average molecular weight is 440 g/mol. The molecule has 0 saturated carbocycles. The Balaban J connectivity index is 1.93. The van der Waals surface area contributed by atoms with Gasteiger partial charge in [-0.1, -0.05) is 27.7 Å². The molecule has 1 atom stereocenters. The number of hydrogen-bond donors (Lipinski definition) is 2. The maximum atomic E-state index is 12.9. The largest absolute Gasteiger partial charge is 0.481 e. The molecule has 32 heavy (non-hydrogen) atoms. The van der Waals surface area contributed by atoms with E-state index in [0.29, 0.717) is 24.4 Å². The minimum Gasteiger partial charge on any atom is -0.481 e. The Morgan fingerprint density at radius 3 is 2.53 bits per heavy atom. The molecule has 0 radical (unpaired) electrons. The summed E-state index contributed by atoms with van der Waals surface area (Å²) in [6, 6.07) is 7.39. The molecule has 1 amide bonds. The highest BCUT2D eigenvalue weighted by atomic mass is 16.4. The summed E-state index contributed by atoms with van der Waals surface area (Å²) in [5.74, 6) is 0.0334. The number of carboxylic acid groups (broad SMARTS) is 1. The summed E-state index contributed by atoms with van der Waals surface area (Å²) < 4.78 is 7.50. The predicted octanol–water partition coefficient (Wildman–Crippen LogP) is 5.20. The van der Waals surface area contributed by atoms with Gasteiger partial charge in [0.15, 0.2) is 0 Å². The van der Waals surface area contributed by atoms with Crippen molar-refractivity contribution in [2.24, 2.45) is 5.92 Å². The second-order valence-electron chi connectivity index (χ2n) is 8.78. The summed E-state index contributed by atoms with van der Waals surface area (Å²) >= 11 is 0. The third kappa shape index (κ3) is 5.58. The maximum Gasteiger partial charge on any atom is 0.305 e. The van der Waals surface area contributed by atoms with E-state index in [0.717, 1.165) is 35.3 Å². The van der Waals surface area contributed by atoms with Crippen LogP contribution in [0.2, 0.25) is 0 Å². The van der Waals surface area contributed by atoms with Crippen molar-refractivity contribution in [1.29, 1.82) is 0 Å². The van der Waals surface area contributed by atoms with Gasteiger partial charge in [0.1, 0.15) is 5.82 Å². The summed E-state index contributed by atoms with van der Waals surface area (Å²) in [6.07, 6.45) is 6.52. The van der Waals surface area contributed by atoms with E-state index in [1.165, 1.54) is 0 Å². The molecule has 2 aromatic heterocycles. The van der Waals surface area contributed by atoms with Gasteiger partial charge in [-0.2, -0.15) is 0 Å². The van der Waals surface area contributed by atoms with Gasteiger partial charge in [0.2, 0.25) is 0 Å². The molecule has 0 fully saturated rings. The minimum absolute atomic E-state index is 0.0929. The number of rotatable bonds is 11. The minimum atomic E-state index is -0.917. The van der Waals surface area contributed by atoms with Crippen LogP contribution in [-0.2, 0) is 11.2 Å². The Bertz CT molecular complexity index is 1050. The highest BCUT2D eigenvalue weighted by Crippen LogP contribution is 2.28. The van der Waals surface area contributed by atoms with Crippen LogP contribution in [0.3, 0.4) is 0 Å². The number of nitrogens with one attached hydrogen (secondary N) is 1. The van der Waals surface area contributed by atoms with E-state index < -0.39 is 12.0 Å². The summed E-state index contributed by atoms with van der Waals surface area (Å²) in [5, 5.41) is 12.1. The Morgan fingerprint density at radius 1 is 1.19 bits per heavy atom. The first-order valence-electron chi connectivity index (χ1n) is 11.4. The van der Waals surface area contributed by atoms with Gasteiger partial charge in [-0.15, -0.1) is 0 Å². The molecule has 1 aromatic carbocycles. The van der Waals surface area contributed by atoms with Crippen molar-refractivity contribution < 1.29 is 19.1 Å². The lowest BCUT2D eigenvalue weighted by atomic mass is 10.0. The van der Waals surface area contributed by atoms with Crippen molar-refractivity contribution >= 4 is 22.9 Å². The van der Waals surface area contributed by atoms with Crippen molar-refractivity contribution in [2.45, 2.75) is 71.9 Å². The van der Waals surface area contributed by atoms with Crippen molar-refractivity contribution in [1.82, 2.24) is 14.9 Å². The van der Waals surface area contributed by atoms with Gasteiger partial charge in [-0.3, -0.25) is 9.59 Å². The standard InChI is InChI=1S/C25H33N3O4/c1-5-20(6-2)28-22-8-7-18(25(31)26-19(11-16(3)4)14-24(29)30)13-21(22)27-23(28)12-17-9-10-32-15-17/h7-10,13,15-16,19-20H,5-6,11-12,14H2,1-4H3,(H,26,31)(H,29,30). The zero-order valence-electron chi connectivity index (χ0n) is 19.3. The summed E-state index contributed by atoms with van der Waals surface area (Å²) in [6.45, 7) is 8.36. The van der Waals surface area contributed by atoms with Crippen molar-refractivity contribution in [3.63, 3.8) is 0 Å². The van der Waals surface area contributed by atoms with Gasteiger partial charge in [0.05, 0.1) is 30.0 Å². The zero-order valence-corrected chi connectivity index (χ0v) is 19.3. The smallest absolute Gasteiger partial charge is 0.305 e. The highest BCUT2D eigenvalue weighted by Gasteiger charge is 2.21. The van der Waals surface area contributed by atoms with E-state index in [9.17, 15) is 14.7 Å². The van der Waals surface area contributed by atoms with E-state index in [4.69, 9.17) is 9.40 Å². The molecule has 0 aliphatic rings. The molecular weight excluding hydrogens is 406 g/mol. The van der Waals surface area contributed by atoms with E-state index in [1.807, 2.05) is 26.0 Å². The average Bonchev–Trinajstić information content (AvgIpc) is 3.36. The first-order valence-corrected chi connectivity index (χ1v) is 11.4. The summed E-state index contributed by atoms with van der Waals surface area (Å²) in [4.78, 5) is 29.0. The van der Waals surface area contributed by atoms with Crippen LogP contribution in [0.5, 0.6) is 0 Å². The van der Waals surface area contributed by atoms with E-state index in [-0.39, 0.29) is 18.2 Å². The van der Waals surface area contributed by atoms with Crippen LogP contribution in [-0.4, -0.2) is 32.6 Å². The van der Waals surface area contributed by atoms with Gasteiger partial charge >= 0.3 is 5.97 Å². The number of benzene rings is 1. The number of aromatic nitrogens is 2. The topological polar surface area (TPSA) is 97.4 Å². The van der Waals surface area contributed by atoms with E-state index in [1.54, 1.807) is 24.7 Å². The van der Waals surface area contributed by atoms with Crippen molar-refractivity contribution in [2.75, 3.05) is 0 Å². The van der Waals surface area contributed by atoms with Crippen LogP contribution in [0.1, 0.15) is 81.2 Å². The number of hydrogen-bond acceptors (Lipinski definition) is 4. The fraction of sp³-hybridized carbons (Fsp3) is 0.480. The van der Waals surface area contributed by atoms with Crippen molar-refractivity contribution in [3.05, 3.63) is 53.7 Å². The molecule has 2 N–H and O–H groups in total. The number of carbonyl (C=O) groups excluding carboxylic acids is 1. The van der Waals surface area contributed by atoms with Crippen LogP contribution in [0.4, 0.5) is 0 Å². The molecule has 3 aromatic rings. The quantitative estimate of drug-likeness (QED) is 0.428. The van der Waals surface area contributed by atoms with E-state index >= 15 is 0 Å². The normalized spacial score (nSPS) is 12.6. The van der Waals surface area contributed by atoms with E-state index in [2.05, 4.69) is 23.7 Å². The SMILES string of the molecule is CCC(CC)n1c(Cc2ccoc2)nc2cc(C(=O)NC(CC(=O)O)CC(C)C)ccc21. The third-order valence-electron chi connectivity index (χ3n) is 5.79. The van der Waals surface area contributed by atoms with Crippen molar-refractivity contribution in [3.8, 4) is 0 Å². The maximum absolute atomic E-state index is 12.9. The van der Waals surface area contributed by atoms with Crippen LogP contribution >= 0.6 is 0 Å². The lowest BCUT2D eigenvalue weighted by molar-refractivity contribution is -0.137. The Morgan fingerprint density at radius 2 is 1.94 bits per heavy atom. The zero-order chi connectivity index (χ0) is 23.3. The number of carbonyl (C=O) groups is 2. The molecule has 7 nitrogen and oxygen atoms in total. The van der Waals surface area contributed by atoms with Crippen LogP contribution in [0, 0.1) is 5.92 Å². The summed E-state index contributed by atoms with van der Waals surface area (Å²) in [5.41, 5.74) is 3.30. The molecule has 0 aliphatic heterocycles. The van der Waals surface area contributed by atoms with Gasteiger partial charge < -0.3 is 19.4 Å². The Hall–Kier alpha value is -3.09. The molecule has 0 spiro atoms. The number of nitrogens with zero attached hydrogens (tertiary/aromatic N) is 2. The second-order valence-corrected chi connectivity index (χ2v) is 8.78. The highest BCUT2D eigenvalue weighted by molar-refractivity contribution is 5.97. The number of furan rings is 1. The Kier molecular flexibility index (Phi) is 7.72. The Labute approximate surface area is 188 Å². The second kappa shape index (κ2) is 10.5. The number of carboxylic acids is 1. The molecule has 3 rings (SSSR count). The first-order chi connectivity index (χ1) is 15.3. The molecule has 0 aliphatic carbocycles. The number of amides is 1. The number of aliphatic carboxylic acids is 1. The molecule has 1 unspecified atom stereocenters. The predicted molar refractivity (Wildman–Crippen MR) is 124 cm³/mol. The van der Waals surface area contributed by atoms with Crippen LogP contribution in [0.25, 0.3) is 11.0 Å². The summed E-state index contributed by atoms with van der Waals surface area (Å²) in [7, 11) is 0. The monoisotopic (exact) mass is 439 g/mol. The van der Waals surface area contributed by atoms with Gasteiger partial charge in [-0.05, 0) is 55.0 Å². The fourth-order valence-corrected chi connectivity index (χ4v) is 4.29. The fourth-order valence-electron chi connectivity index (χ4n) is 4.29.